The molecule has 7 aromatic carbocycles. The van der Waals surface area contributed by atoms with Crippen molar-refractivity contribution in [1.82, 2.24) is 0 Å². The highest BCUT2D eigenvalue weighted by Gasteiger charge is 2.21. The highest BCUT2D eigenvalue weighted by molar-refractivity contribution is 6.19. The third kappa shape index (κ3) is 3.75. The maximum absolute atomic E-state index is 6.54. The monoisotopic (exact) mass is 551 g/mol. The molecule has 0 amide bonds. The molecule has 9 aromatic rings. The molecule has 0 unspecified atom stereocenters. The van der Waals surface area contributed by atoms with Crippen LogP contribution >= 0.6 is 0 Å². The third-order valence-corrected chi connectivity index (χ3v) is 8.44. The lowest BCUT2D eigenvalue weighted by Gasteiger charge is -2.26. The number of para-hydroxylation sites is 2. The van der Waals surface area contributed by atoms with Crippen LogP contribution in [0.1, 0.15) is 0 Å². The zero-order chi connectivity index (χ0) is 28.3. The summed E-state index contributed by atoms with van der Waals surface area (Å²) in [5.74, 6) is 0. The minimum Gasteiger partial charge on any atom is -0.456 e. The van der Waals surface area contributed by atoms with Crippen LogP contribution in [0.3, 0.4) is 0 Å². The molecule has 0 aliphatic rings. The summed E-state index contributed by atoms with van der Waals surface area (Å²) in [7, 11) is 0. The quantitative estimate of drug-likeness (QED) is 0.218. The maximum atomic E-state index is 6.54. The summed E-state index contributed by atoms with van der Waals surface area (Å²) in [6.07, 6.45) is 0. The molecule has 0 spiro atoms. The van der Waals surface area contributed by atoms with Crippen molar-refractivity contribution in [2.45, 2.75) is 0 Å². The molecule has 0 fully saturated rings. The standard InChI is InChI=1S/C40H25NO2/c1-2-10-26(11-3-1)28-13-8-14-29(24-28)41(35-18-9-17-33-32-16-6-7-19-36(32)43-40(33)35)30-21-22-34-38(25-30)42-37-23-20-27-12-4-5-15-31(27)39(34)37/h1-25H. The fourth-order valence-electron chi connectivity index (χ4n) is 6.46. The van der Waals surface area contributed by atoms with Crippen LogP contribution in [0.15, 0.2) is 160 Å². The Morgan fingerprint density at radius 2 is 1.14 bits per heavy atom. The molecule has 2 aromatic heterocycles. The lowest BCUT2D eigenvalue weighted by molar-refractivity contribution is 0.667. The van der Waals surface area contributed by atoms with Crippen molar-refractivity contribution in [3.05, 3.63) is 152 Å². The summed E-state index contributed by atoms with van der Waals surface area (Å²) in [6, 6.07) is 53.0. The SMILES string of the molecule is c1ccc(-c2cccc(N(c3ccc4c(c3)oc3ccc5ccccc5c34)c3cccc4c3oc3ccccc34)c2)cc1. The summed E-state index contributed by atoms with van der Waals surface area (Å²) >= 11 is 0. The van der Waals surface area contributed by atoms with Crippen molar-refractivity contribution in [3.8, 4) is 11.1 Å². The first-order valence-electron chi connectivity index (χ1n) is 14.5. The van der Waals surface area contributed by atoms with Gasteiger partial charge in [-0.2, -0.15) is 0 Å². The molecular formula is C40H25NO2. The van der Waals surface area contributed by atoms with Crippen molar-refractivity contribution in [1.29, 1.82) is 0 Å². The molecule has 0 aliphatic heterocycles. The van der Waals surface area contributed by atoms with E-state index in [1.54, 1.807) is 0 Å². The van der Waals surface area contributed by atoms with E-state index >= 15 is 0 Å². The Kier molecular flexibility index (Phi) is 5.20. The Morgan fingerprint density at radius 3 is 2.07 bits per heavy atom. The van der Waals surface area contributed by atoms with Crippen molar-refractivity contribution in [3.63, 3.8) is 0 Å². The molecule has 0 atom stereocenters. The predicted molar refractivity (Wildman–Crippen MR) is 179 cm³/mol. The van der Waals surface area contributed by atoms with Gasteiger partial charge in [0.1, 0.15) is 16.7 Å². The molecule has 0 saturated carbocycles. The number of anilines is 3. The molecule has 0 saturated heterocycles. The van der Waals surface area contributed by atoms with Gasteiger partial charge in [0.2, 0.25) is 0 Å². The highest BCUT2D eigenvalue weighted by atomic mass is 16.3. The zero-order valence-electron chi connectivity index (χ0n) is 23.2. The number of fused-ring (bicyclic) bond motifs is 8. The number of hydrogen-bond donors (Lipinski definition) is 0. The molecule has 0 aliphatic carbocycles. The second kappa shape index (κ2) is 9.37. The lowest BCUT2D eigenvalue weighted by Crippen LogP contribution is -2.10. The molecule has 9 rings (SSSR count). The van der Waals surface area contributed by atoms with Crippen LogP contribution < -0.4 is 4.90 Å². The first kappa shape index (κ1) is 23.9. The van der Waals surface area contributed by atoms with E-state index in [1.807, 2.05) is 18.2 Å². The largest absolute Gasteiger partial charge is 0.456 e. The normalized spacial score (nSPS) is 11.7. The molecule has 0 bridgehead atoms. The smallest absolute Gasteiger partial charge is 0.159 e. The van der Waals surface area contributed by atoms with Gasteiger partial charge in [-0.1, -0.05) is 103 Å². The van der Waals surface area contributed by atoms with E-state index in [0.717, 1.165) is 66.5 Å². The van der Waals surface area contributed by atoms with Crippen LogP contribution in [-0.4, -0.2) is 0 Å². The van der Waals surface area contributed by atoms with E-state index in [1.165, 1.54) is 16.3 Å². The number of benzene rings is 7. The Bertz CT molecular complexity index is 2470. The van der Waals surface area contributed by atoms with Crippen molar-refractivity contribution in [2.75, 3.05) is 4.90 Å². The molecule has 0 N–H and O–H groups in total. The van der Waals surface area contributed by atoms with Crippen LogP contribution in [-0.2, 0) is 0 Å². The van der Waals surface area contributed by atoms with Gasteiger partial charge in [0, 0.05) is 33.3 Å². The molecule has 202 valence electrons. The van der Waals surface area contributed by atoms with Crippen LogP contribution in [0.2, 0.25) is 0 Å². The van der Waals surface area contributed by atoms with Gasteiger partial charge >= 0.3 is 0 Å². The first-order valence-corrected chi connectivity index (χ1v) is 14.5. The number of furan rings is 2. The van der Waals surface area contributed by atoms with Gasteiger partial charge in [-0.25, -0.2) is 0 Å². The van der Waals surface area contributed by atoms with E-state index < -0.39 is 0 Å². The average Bonchev–Trinajstić information content (AvgIpc) is 3.64. The van der Waals surface area contributed by atoms with Crippen molar-refractivity contribution in [2.24, 2.45) is 0 Å². The lowest BCUT2D eigenvalue weighted by atomic mass is 10.0. The maximum Gasteiger partial charge on any atom is 0.159 e. The van der Waals surface area contributed by atoms with Crippen LogP contribution in [0.4, 0.5) is 17.1 Å². The first-order chi connectivity index (χ1) is 21.3. The van der Waals surface area contributed by atoms with Gasteiger partial charge in [0.05, 0.1) is 11.4 Å². The molecule has 3 heteroatoms. The Labute approximate surface area is 247 Å². The summed E-state index contributed by atoms with van der Waals surface area (Å²) < 4.78 is 13.0. The average molecular weight is 552 g/mol. The number of rotatable bonds is 4. The summed E-state index contributed by atoms with van der Waals surface area (Å²) in [4.78, 5) is 2.28. The minimum absolute atomic E-state index is 0.851. The molecule has 0 radical (unpaired) electrons. The van der Waals surface area contributed by atoms with Gasteiger partial charge in [-0.05, 0) is 64.4 Å². The topological polar surface area (TPSA) is 29.5 Å². The highest BCUT2D eigenvalue weighted by Crippen LogP contribution is 2.44. The fraction of sp³-hybridized carbons (Fsp3) is 0. The van der Waals surface area contributed by atoms with Gasteiger partial charge < -0.3 is 13.7 Å². The Balaban J connectivity index is 1.31. The van der Waals surface area contributed by atoms with E-state index in [0.29, 0.717) is 0 Å². The molecular weight excluding hydrogens is 526 g/mol. The summed E-state index contributed by atoms with van der Waals surface area (Å²) in [5, 5.41) is 6.86. The minimum atomic E-state index is 0.851. The number of hydrogen-bond acceptors (Lipinski definition) is 3. The molecule has 43 heavy (non-hydrogen) atoms. The number of nitrogens with zero attached hydrogens (tertiary/aromatic N) is 1. The van der Waals surface area contributed by atoms with Crippen LogP contribution in [0, 0.1) is 0 Å². The van der Waals surface area contributed by atoms with Crippen LogP contribution in [0.25, 0.3) is 65.8 Å². The van der Waals surface area contributed by atoms with Crippen molar-refractivity contribution >= 4 is 71.7 Å². The van der Waals surface area contributed by atoms with E-state index in [4.69, 9.17) is 8.83 Å². The second-order valence-electron chi connectivity index (χ2n) is 10.9. The molecule has 2 heterocycles. The van der Waals surface area contributed by atoms with E-state index in [9.17, 15) is 0 Å². The van der Waals surface area contributed by atoms with E-state index in [-0.39, 0.29) is 0 Å². The Morgan fingerprint density at radius 1 is 0.395 bits per heavy atom. The van der Waals surface area contributed by atoms with Gasteiger partial charge in [0.15, 0.2) is 5.58 Å². The third-order valence-electron chi connectivity index (χ3n) is 8.44. The van der Waals surface area contributed by atoms with E-state index in [2.05, 4.69) is 138 Å². The zero-order valence-corrected chi connectivity index (χ0v) is 23.2. The molecule has 3 nitrogen and oxygen atoms in total. The summed E-state index contributed by atoms with van der Waals surface area (Å²) in [6.45, 7) is 0. The Hall–Kier alpha value is -5.80. The van der Waals surface area contributed by atoms with Crippen molar-refractivity contribution < 1.29 is 8.83 Å². The van der Waals surface area contributed by atoms with Gasteiger partial charge in [-0.15, -0.1) is 0 Å². The second-order valence-corrected chi connectivity index (χ2v) is 10.9. The van der Waals surface area contributed by atoms with Gasteiger partial charge in [0.25, 0.3) is 0 Å². The predicted octanol–water partition coefficient (Wildman–Crippen LogP) is 11.8. The summed E-state index contributed by atoms with van der Waals surface area (Å²) in [5.41, 5.74) is 8.80. The van der Waals surface area contributed by atoms with Crippen LogP contribution in [0.5, 0.6) is 0 Å². The fourth-order valence-corrected chi connectivity index (χ4v) is 6.46. The van der Waals surface area contributed by atoms with Gasteiger partial charge in [-0.3, -0.25) is 0 Å².